The Balaban J connectivity index is 2.68. The molecular weight excluding hydrogens is 253 g/mol. The molecule has 1 aromatic rings. The van der Waals surface area contributed by atoms with Crippen molar-refractivity contribution in [2.45, 2.75) is 38.9 Å². The Bertz CT molecular complexity index is 509. The molecule has 2 N–H and O–H groups in total. The minimum atomic E-state index is -1.12. The summed E-state index contributed by atoms with van der Waals surface area (Å²) in [5.74, 6) is 1.49. The van der Waals surface area contributed by atoms with Gasteiger partial charge in [-0.1, -0.05) is 24.2 Å². The van der Waals surface area contributed by atoms with Crippen molar-refractivity contribution in [2.75, 3.05) is 0 Å². The first-order chi connectivity index (χ1) is 9.15. The molecule has 0 bridgehead atoms. The molecule has 0 saturated carbocycles. The van der Waals surface area contributed by atoms with Gasteiger partial charge in [-0.15, -0.1) is 0 Å². The largest absolute Gasteiger partial charge is 0.483 e. The molecule has 0 amide bonds. The van der Waals surface area contributed by atoms with Crippen LogP contribution in [0, 0.1) is 11.3 Å². The van der Waals surface area contributed by atoms with Crippen molar-refractivity contribution in [3.63, 3.8) is 0 Å². The lowest BCUT2D eigenvalue weighted by atomic mass is 9.82. The number of hydrogen-bond acceptors (Lipinski definition) is 4. The summed E-state index contributed by atoms with van der Waals surface area (Å²) in [7, 11) is -1.12. The Morgan fingerprint density at radius 1 is 1.20 bits per heavy atom. The normalized spacial score (nSPS) is 12.4. The van der Waals surface area contributed by atoms with Gasteiger partial charge in [0.15, 0.2) is 0 Å². The molecule has 0 radical (unpaired) electrons. The molecule has 1 rings (SSSR count). The van der Waals surface area contributed by atoms with E-state index in [0.29, 0.717) is 5.56 Å². The van der Waals surface area contributed by atoms with E-state index in [1.807, 2.05) is 6.07 Å². The Morgan fingerprint density at radius 2 is 1.75 bits per heavy atom. The molecule has 0 heterocycles. The van der Waals surface area contributed by atoms with E-state index >= 15 is 0 Å². The summed E-state index contributed by atoms with van der Waals surface area (Å²) < 4.78 is 5.44. The molecule has 0 saturated heterocycles. The zero-order valence-corrected chi connectivity index (χ0v) is 12.3. The summed E-state index contributed by atoms with van der Waals surface area (Å²) in [6, 6.07) is 9.01. The van der Waals surface area contributed by atoms with Crippen LogP contribution >= 0.6 is 0 Å². The van der Waals surface area contributed by atoms with Crippen molar-refractivity contribution >= 4 is 13.2 Å². The molecule has 0 aliphatic carbocycles. The maximum Gasteiger partial charge on any atom is 0.483 e. The average molecular weight is 273 g/mol. The average Bonchev–Trinajstić information content (AvgIpc) is 2.35. The number of aliphatic hydroxyl groups is 1. The van der Waals surface area contributed by atoms with E-state index in [0.717, 1.165) is 5.56 Å². The molecule has 0 fully saturated rings. The molecule has 106 valence electrons. The van der Waals surface area contributed by atoms with Gasteiger partial charge in [0.1, 0.15) is 0 Å². The van der Waals surface area contributed by atoms with E-state index in [1.54, 1.807) is 58.0 Å². The van der Waals surface area contributed by atoms with Crippen LogP contribution in [0.15, 0.2) is 30.2 Å². The minimum Gasteiger partial charge on any atom is -0.423 e. The van der Waals surface area contributed by atoms with Crippen LogP contribution in [0.25, 0.3) is 6.08 Å². The lowest BCUT2D eigenvalue weighted by molar-refractivity contribution is -0.0984. The molecule has 4 nitrogen and oxygen atoms in total. The van der Waals surface area contributed by atoms with Crippen molar-refractivity contribution in [3.8, 4) is 6.07 Å². The standard InChI is InChI=1S/C15H20BNO3/c1-14(2,18)15(3,4)20-16(19)10-9-12-5-7-13(11-17)8-6-12/h5-10,18-19H,1-4H3/b10-9+. The zero-order chi connectivity index (χ0) is 15.4. The molecule has 0 atom stereocenters. The molecule has 20 heavy (non-hydrogen) atoms. The van der Waals surface area contributed by atoms with Gasteiger partial charge in [0, 0.05) is 0 Å². The van der Waals surface area contributed by atoms with Crippen molar-refractivity contribution < 1.29 is 14.8 Å². The molecule has 0 aliphatic heterocycles. The summed E-state index contributed by atoms with van der Waals surface area (Å²) in [6.07, 6.45) is 1.70. The SMILES string of the molecule is CC(C)(O)C(C)(C)OB(O)/C=C/c1ccc(C#N)cc1. The van der Waals surface area contributed by atoms with E-state index in [9.17, 15) is 10.1 Å². The second kappa shape index (κ2) is 6.23. The van der Waals surface area contributed by atoms with Crippen LogP contribution in [-0.4, -0.2) is 28.5 Å². The molecule has 1 aromatic carbocycles. The minimum absolute atomic E-state index is 0.585. The predicted molar refractivity (Wildman–Crippen MR) is 79.6 cm³/mol. The highest BCUT2D eigenvalue weighted by Crippen LogP contribution is 2.25. The lowest BCUT2D eigenvalue weighted by Crippen LogP contribution is -2.50. The van der Waals surface area contributed by atoms with Crippen molar-refractivity contribution in [1.29, 1.82) is 5.26 Å². The molecule has 0 aliphatic rings. The maximum absolute atomic E-state index is 9.95. The Morgan fingerprint density at radius 3 is 2.20 bits per heavy atom. The van der Waals surface area contributed by atoms with Gasteiger partial charge in [-0.25, -0.2) is 0 Å². The van der Waals surface area contributed by atoms with E-state index < -0.39 is 18.3 Å². The molecule has 0 spiro atoms. The number of hydrogen-bond donors (Lipinski definition) is 2. The van der Waals surface area contributed by atoms with Gasteiger partial charge in [0.2, 0.25) is 0 Å². The van der Waals surface area contributed by atoms with Crippen LogP contribution in [0.4, 0.5) is 0 Å². The first kappa shape index (κ1) is 16.4. The topological polar surface area (TPSA) is 73.5 Å². The van der Waals surface area contributed by atoms with Crippen LogP contribution in [0.1, 0.15) is 38.8 Å². The monoisotopic (exact) mass is 273 g/mol. The highest BCUT2D eigenvalue weighted by molar-refractivity contribution is 6.50. The third-order valence-corrected chi connectivity index (χ3v) is 3.38. The number of nitrogens with zero attached hydrogens (tertiary/aromatic N) is 1. The summed E-state index contributed by atoms with van der Waals surface area (Å²) in [6.45, 7) is 6.69. The Kier molecular flexibility index (Phi) is 5.12. The zero-order valence-electron chi connectivity index (χ0n) is 12.3. The van der Waals surface area contributed by atoms with Crippen LogP contribution in [-0.2, 0) is 4.65 Å². The maximum atomic E-state index is 9.95. The second-order valence-corrected chi connectivity index (χ2v) is 5.67. The molecule has 0 aromatic heterocycles. The first-order valence-corrected chi connectivity index (χ1v) is 6.42. The van der Waals surface area contributed by atoms with E-state index in [-0.39, 0.29) is 0 Å². The van der Waals surface area contributed by atoms with E-state index in [4.69, 9.17) is 9.92 Å². The van der Waals surface area contributed by atoms with Crippen LogP contribution < -0.4 is 0 Å². The molecular formula is C15H20BNO3. The Hall–Kier alpha value is -1.61. The van der Waals surface area contributed by atoms with Gasteiger partial charge in [-0.05, 0) is 45.4 Å². The van der Waals surface area contributed by atoms with E-state index in [1.165, 1.54) is 5.98 Å². The van der Waals surface area contributed by atoms with Gasteiger partial charge in [0.25, 0.3) is 0 Å². The highest BCUT2D eigenvalue weighted by Gasteiger charge is 2.38. The van der Waals surface area contributed by atoms with Crippen LogP contribution in [0.5, 0.6) is 0 Å². The number of nitriles is 1. The number of benzene rings is 1. The van der Waals surface area contributed by atoms with Gasteiger partial charge in [-0.3, -0.25) is 0 Å². The van der Waals surface area contributed by atoms with Gasteiger partial charge >= 0.3 is 7.12 Å². The fourth-order valence-corrected chi connectivity index (χ4v) is 1.35. The summed E-state index contributed by atoms with van der Waals surface area (Å²) in [5, 5.41) is 28.5. The lowest BCUT2D eigenvalue weighted by Gasteiger charge is -2.38. The second-order valence-electron chi connectivity index (χ2n) is 5.67. The summed E-state index contributed by atoms with van der Waals surface area (Å²) >= 11 is 0. The van der Waals surface area contributed by atoms with Gasteiger partial charge in [0.05, 0.1) is 22.8 Å². The summed E-state index contributed by atoms with van der Waals surface area (Å²) in [5.41, 5.74) is -0.521. The van der Waals surface area contributed by atoms with Crippen molar-refractivity contribution in [1.82, 2.24) is 0 Å². The molecule has 0 unspecified atom stereocenters. The van der Waals surface area contributed by atoms with Crippen LogP contribution in [0.3, 0.4) is 0 Å². The Labute approximate surface area is 120 Å². The van der Waals surface area contributed by atoms with Crippen molar-refractivity contribution in [3.05, 3.63) is 41.4 Å². The van der Waals surface area contributed by atoms with Crippen molar-refractivity contribution in [2.24, 2.45) is 0 Å². The predicted octanol–water partition coefficient (Wildman–Crippen LogP) is 2.16. The highest BCUT2D eigenvalue weighted by atomic mass is 16.5. The third kappa shape index (κ3) is 4.50. The smallest absolute Gasteiger partial charge is 0.423 e. The fourth-order valence-electron chi connectivity index (χ4n) is 1.35. The fraction of sp³-hybridized carbons (Fsp3) is 0.400. The first-order valence-electron chi connectivity index (χ1n) is 6.42. The molecule has 5 heteroatoms. The quantitative estimate of drug-likeness (QED) is 0.806. The number of rotatable bonds is 5. The van der Waals surface area contributed by atoms with E-state index in [2.05, 4.69) is 0 Å². The third-order valence-electron chi connectivity index (χ3n) is 3.38. The van der Waals surface area contributed by atoms with Gasteiger partial charge in [-0.2, -0.15) is 5.26 Å². The van der Waals surface area contributed by atoms with Gasteiger partial charge < -0.3 is 14.8 Å². The van der Waals surface area contributed by atoms with Crippen LogP contribution in [0.2, 0.25) is 0 Å². The summed E-state index contributed by atoms with van der Waals surface area (Å²) in [4.78, 5) is 0.